The molecule has 0 amide bonds. The molecule has 0 unspecified atom stereocenters. The monoisotopic (exact) mass is 259 g/mol. The van der Waals surface area contributed by atoms with Gasteiger partial charge in [0.2, 0.25) is 0 Å². The first-order chi connectivity index (χ1) is 8.65. The predicted molar refractivity (Wildman–Crippen MR) is 77.9 cm³/mol. The van der Waals surface area contributed by atoms with Gasteiger partial charge in [-0.2, -0.15) is 0 Å². The zero-order chi connectivity index (χ0) is 13.8. The highest BCUT2D eigenvalue weighted by atomic mass is 16.7. The van der Waals surface area contributed by atoms with Crippen molar-refractivity contribution in [2.24, 2.45) is 0 Å². The molecule has 0 heterocycles. The van der Waals surface area contributed by atoms with Gasteiger partial charge in [0.25, 0.3) is 0 Å². The molecule has 0 aromatic heterocycles. The number of hydrogen-bond acceptors (Lipinski definition) is 3. The Bertz CT molecular complexity index is 168. The van der Waals surface area contributed by atoms with E-state index in [2.05, 4.69) is 25.7 Å². The van der Waals surface area contributed by atoms with Crippen LogP contribution in [0.5, 0.6) is 0 Å². The maximum absolute atomic E-state index is 5.59. The van der Waals surface area contributed by atoms with Crippen LogP contribution in [0, 0.1) is 0 Å². The van der Waals surface area contributed by atoms with E-state index in [9.17, 15) is 0 Å². The van der Waals surface area contributed by atoms with Gasteiger partial charge in [-0.3, -0.25) is 0 Å². The molecule has 0 aromatic rings. The first-order valence-corrected chi connectivity index (χ1v) is 7.62. The van der Waals surface area contributed by atoms with E-state index in [1.165, 1.54) is 25.8 Å². The summed E-state index contributed by atoms with van der Waals surface area (Å²) in [5, 5.41) is 0. The van der Waals surface area contributed by atoms with Gasteiger partial charge in [0.15, 0.2) is 6.29 Å². The van der Waals surface area contributed by atoms with E-state index in [0.717, 1.165) is 26.2 Å². The van der Waals surface area contributed by atoms with Crippen LogP contribution < -0.4 is 0 Å². The summed E-state index contributed by atoms with van der Waals surface area (Å²) >= 11 is 0. The molecule has 0 saturated carbocycles. The van der Waals surface area contributed by atoms with Crippen LogP contribution in [-0.2, 0) is 9.47 Å². The third-order valence-corrected chi connectivity index (χ3v) is 3.14. The molecule has 0 bridgehead atoms. The second-order valence-corrected chi connectivity index (χ2v) is 4.97. The van der Waals surface area contributed by atoms with Gasteiger partial charge >= 0.3 is 0 Å². The second kappa shape index (κ2) is 11.9. The number of unbranched alkanes of at least 4 members (excludes halogenated alkanes) is 2. The van der Waals surface area contributed by atoms with Crippen LogP contribution >= 0.6 is 0 Å². The van der Waals surface area contributed by atoms with Crippen molar-refractivity contribution in [3.05, 3.63) is 0 Å². The summed E-state index contributed by atoms with van der Waals surface area (Å²) < 4.78 is 11.2. The summed E-state index contributed by atoms with van der Waals surface area (Å²) in [6.45, 7) is 14.5. The third-order valence-electron chi connectivity index (χ3n) is 3.14. The van der Waals surface area contributed by atoms with Crippen LogP contribution in [0.2, 0.25) is 0 Å². The highest BCUT2D eigenvalue weighted by Gasteiger charge is 2.13. The van der Waals surface area contributed by atoms with Crippen LogP contribution in [0.3, 0.4) is 0 Å². The van der Waals surface area contributed by atoms with Crippen molar-refractivity contribution in [2.45, 2.75) is 72.6 Å². The molecule has 0 rings (SSSR count). The Morgan fingerprint density at radius 3 is 1.94 bits per heavy atom. The van der Waals surface area contributed by atoms with E-state index >= 15 is 0 Å². The fourth-order valence-electron chi connectivity index (χ4n) is 2.05. The summed E-state index contributed by atoms with van der Waals surface area (Å²) in [7, 11) is 0. The molecule has 0 aromatic carbocycles. The number of ether oxygens (including phenoxy) is 2. The molecule has 0 N–H and O–H groups in total. The molecular formula is C15H33NO2. The predicted octanol–water partition coefficient (Wildman–Crippen LogP) is 3.68. The average Bonchev–Trinajstić information content (AvgIpc) is 2.33. The van der Waals surface area contributed by atoms with Crippen LogP contribution in [0.15, 0.2) is 0 Å². The number of hydrogen-bond donors (Lipinski definition) is 0. The fourth-order valence-corrected chi connectivity index (χ4v) is 2.05. The number of nitrogens with zero attached hydrogens (tertiary/aromatic N) is 1. The van der Waals surface area contributed by atoms with Crippen molar-refractivity contribution in [3.8, 4) is 0 Å². The maximum Gasteiger partial charge on any atom is 0.158 e. The standard InChI is InChI=1S/C15H33NO2/c1-6-9-10-12-16(14(4)5)13-11-15(17-7-2)18-8-3/h14-15H,6-13H2,1-5H3. The van der Waals surface area contributed by atoms with Gasteiger partial charge in [-0.15, -0.1) is 0 Å². The highest BCUT2D eigenvalue weighted by Crippen LogP contribution is 2.08. The first-order valence-electron chi connectivity index (χ1n) is 7.62. The molecule has 3 heteroatoms. The van der Waals surface area contributed by atoms with E-state index in [1.54, 1.807) is 0 Å². The molecule has 0 aliphatic heterocycles. The molecule has 3 nitrogen and oxygen atoms in total. The molecule has 0 saturated heterocycles. The fraction of sp³-hybridized carbons (Fsp3) is 1.00. The molecule has 0 atom stereocenters. The van der Waals surface area contributed by atoms with Crippen LogP contribution in [-0.4, -0.2) is 43.5 Å². The summed E-state index contributed by atoms with van der Waals surface area (Å²) in [5.74, 6) is 0. The number of rotatable bonds is 12. The van der Waals surface area contributed by atoms with Crippen LogP contribution in [0.4, 0.5) is 0 Å². The van der Waals surface area contributed by atoms with E-state index < -0.39 is 0 Å². The zero-order valence-electron chi connectivity index (χ0n) is 13.1. The largest absolute Gasteiger partial charge is 0.353 e. The van der Waals surface area contributed by atoms with Crippen molar-refractivity contribution in [2.75, 3.05) is 26.3 Å². The Morgan fingerprint density at radius 2 is 1.50 bits per heavy atom. The normalized spacial score (nSPS) is 12.0. The van der Waals surface area contributed by atoms with Crippen molar-refractivity contribution in [1.82, 2.24) is 4.90 Å². The lowest BCUT2D eigenvalue weighted by molar-refractivity contribution is -0.142. The van der Waals surface area contributed by atoms with Crippen LogP contribution in [0.25, 0.3) is 0 Å². The molecule has 0 aliphatic rings. The van der Waals surface area contributed by atoms with Gasteiger partial charge in [-0.05, 0) is 40.7 Å². The van der Waals surface area contributed by atoms with E-state index in [0.29, 0.717) is 6.04 Å². The highest BCUT2D eigenvalue weighted by molar-refractivity contribution is 4.64. The Balaban J connectivity index is 3.97. The average molecular weight is 259 g/mol. The van der Waals surface area contributed by atoms with Gasteiger partial charge in [0.05, 0.1) is 0 Å². The first kappa shape index (κ1) is 17.9. The summed E-state index contributed by atoms with van der Waals surface area (Å²) in [5.41, 5.74) is 0. The van der Waals surface area contributed by atoms with Gasteiger partial charge in [-0.1, -0.05) is 19.8 Å². The SMILES string of the molecule is CCCCCN(CCC(OCC)OCC)C(C)C. The third kappa shape index (κ3) is 8.90. The smallest absolute Gasteiger partial charge is 0.158 e. The lowest BCUT2D eigenvalue weighted by Gasteiger charge is -2.28. The lowest BCUT2D eigenvalue weighted by atomic mass is 10.2. The summed E-state index contributed by atoms with van der Waals surface area (Å²) in [6.07, 6.45) is 4.83. The maximum atomic E-state index is 5.59. The minimum Gasteiger partial charge on any atom is -0.353 e. The second-order valence-electron chi connectivity index (χ2n) is 4.97. The van der Waals surface area contributed by atoms with Gasteiger partial charge < -0.3 is 14.4 Å². The lowest BCUT2D eigenvalue weighted by Crippen LogP contribution is -2.35. The topological polar surface area (TPSA) is 21.7 Å². The van der Waals surface area contributed by atoms with Gasteiger partial charge in [0, 0.05) is 32.2 Å². The van der Waals surface area contributed by atoms with E-state index in [4.69, 9.17) is 9.47 Å². The quantitative estimate of drug-likeness (QED) is 0.394. The Hall–Kier alpha value is -0.120. The van der Waals surface area contributed by atoms with Crippen molar-refractivity contribution in [3.63, 3.8) is 0 Å². The van der Waals surface area contributed by atoms with Crippen molar-refractivity contribution < 1.29 is 9.47 Å². The molecule has 0 aliphatic carbocycles. The molecular weight excluding hydrogens is 226 g/mol. The minimum atomic E-state index is -0.0348. The molecule has 0 radical (unpaired) electrons. The van der Waals surface area contributed by atoms with E-state index in [-0.39, 0.29) is 6.29 Å². The summed E-state index contributed by atoms with van der Waals surface area (Å²) in [4.78, 5) is 2.53. The zero-order valence-corrected chi connectivity index (χ0v) is 13.1. The Morgan fingerprint density at radius 1 is 0.889 bits per heavy atom. The van der Waals surface area contributed by atoms with Crippen LogP contribution in [0.1, 0.15) is 60.3 Å². The van der Waals surface area contributed by atoms with Crippen molar-refractivity contribution >= 4 is 0 Å². The van der Waals surface area contributed by atoms with Crippen molar-refractivity contribution in [1.29, 1.82) is 0 Å². The summed E-state index contributed by atoms with van der Waals surface area (Å²) in [6, 6.07) is 0.603. The van der Waals surface area contributed by atoms with Gasteiger partial charge in [-0.25, -0.2) is 0 Å². The molecule has 110 valence electrons. The minimum absolute atomic E-state index is 0.0348. The Kier molecular flexibility index (Phi) is 11.9. The van der Waals surface area contributed by atoms with E-state index in [1.807, 2.05) is 13.8 Å². The molecule has 0 spiro atoms. The molecule has 0 fully saturated rings. The van der Waals surface area contributed by atoms with Gasteiger partial charge in [0.1, 0.15) is 0 Å². The molecule has 18 heavy (non-hydrogen) atoms. The Labute approximate surface area is 114 Å².